The molecule has 0 atom stereocenters. The van der Waals surface area contributed by atoms with E-state index in [1.807, 2.05) is 42.5 Å². The summed E-state index contributed by atoms with van der Waals surface area (Å²) in [7, 11) is 0. The molecule has 0 fully saturated rings. The monoisotopic (exact) mass is 396 g/mol. The molecule has 28 heavy (non-hydrogen) atoms. The number of nitrogens with one attached hydrogen (secondary N) is 2. The van der Waals surface area contributed by atoms with Gasteiger partial charge in [0.25, 0.3) is 5.91 Å². The summed E-state index contributed by atoms with van der Waals surface area (Å²) >= 11 is 6.13. The molecule has 0 saturated carbocycles. The lowest BCUT2D eigenvalue weighted by Gasteiger charge is -2.08. The number of ether oxygens (including phenoxy) is 2. The van der Waals surface area contributed by atoms with Gasteiger partial charge in [0.15, 0.2) is 11.5 Å². The van der Waals surface area contributed by atoms with Gasteiger partial charge >= 0.3 is 0 Å². The van der Waals surface area contributed by atoms with Gasteiger partial charge in [-0.25, -0.2) is 9.97 Å². The number of nitrogens with zero attached hydrogens (tertiary/aromatic N) is 2. The smallest absolute Gasteiger partial charge is 0.271 e. The second-order valence-corrected chi connectivity index (χ2v) is 6.51. The van der Waals surface area contributed by atoms with Gasteiger partial charge in [0.1, 0.15) is 11.5 Å². The summed E-state index contributed by atoms with van der Waals surface area (Å²) in [6, 6.07) is 13.1. The van der Waals surface area contributed by atoms with Crippen LogP contribution in [-0.4, -0.2) is 22.7 Å². The molecule has 142 valence electrons. The normalized spacial score (nSPS) is 11.9. The first-order chi connectivity index (χ1) is 13.7. The van der Waals surface area contributed by atoms with E-state index in [9.17, 15) is 4.79 Å². The molecule has 2 N–H and O–H groups in total. The molecule has 3 aromatic rings. The van der Waals surface area contributed by atoms with Crippen molar-refractivity contribution in [1.29, 1.82) is 0 Å². The largest absolute Gasteiger partial charge is 0.454 e. The van der Waals surface area contributed by atoms with E-state index >= 15 is 0 Å². The van der Waals surface area contributed by atoms with Crippen LogP contribution in [0.2, 0.25) is 5.02 Å². The first-order valence-corrected chi connectivity index (χ1v) is 9.03. The van der Waals surface area contributed by atoms with Gasteiger partial charge in [-0.1, -0.05) is 35.9 Å². The van der Waals surface area contributed by atoms with Crippen LogP contribution >= 0.6 is 11.6 Å². The van der Waals surface area contributed by atoms with E-state index < -0.39 is 0 Å². The van der Waals surface area contributed by atoms with Crippen molar-refractivity contribution in [2.24, 2.45) is 0 Å². The topological polar surface area (TPSA) is 85.4 Å². The van der Waals surface area contributed by atoms with Gasteiger partial charge in [0.2, 0.25) is 6.79 Å². The number of fused-ring (bicyclic) bond motifs is 1. The van der Waals surface area contributed by atoms with Gasteiger partial charge in [-0.05, 0) is 29.3 Å². The fourth-order valence-electron chi connectivity index (χ4n) is 2.69. The molecule has 0 aliphatic carbocycles. The van der Waals surface area contributed by atoms with E-state index in [1.54, 1.807) is 0 Å². The maximum atomic E-state index is 12.3. The second-order valence-electron chi connectivity index (χ2n) is 6.10. The number of hydrogen-bond donors (Lipinski definition) is 2. The van der Waals surface area contributed by atoms with Gasteiger partial charge in [-0.15, -0.1) is 0 Å². The predicted molar refractivity (Wildman–Crippen MR) is 105 cm³/mol. The highest BCUT2D eigenvalue weighted by Crippen LogP contribution is 2.32. The van der Waals surface area contributed by atoms with Crippen LogP contribution in [0.25, 0.3) is 0 Å². The molecule has 2 heterocycles. The number of rotatable bonds is 6. The Bertz CT molecular complexity index is 995. The fraction of sp³-hybridized carbons (Fsp3) is 0.150. The van der Waals surface area contributed by atoms with Crippen molar-refractivity contribution in [3.63, 3.8) is 0 Å². The van der Waals surface area contributed by atoms with E-state index in [-0.39, 0.29) is 18.4 Å². The second kappa shape index (κ2) is 8.14. The molecular formula is C20H17ClN4O3. The summed E-state index contributed by atoms with van der Waals surface area (Å²) in [5, 5.41) is 6.63. The summed E-state index contributed by atoms with van der Waals surface area (Å²) in [4.78, 5) is 20.7. The molecule has 8 heteroatoms. The SMILES string of the molecule is O=C(NCc1ccc2c(c1)OCO2)c1cnc(NCc2ccccc2Cl)cn1. The van der Waals surface area contributed by atoms with Crippen LogP contribution < -0.4 is 20.1 Å². The van der Waals surface area contributed by atoms with E-state index in [2.05, 4.69) is 20.6 Å². The van der Waals surface area contributed by atoms with Crippen LogP contribution in [-0.2, 0) is 13.1 Å². The standard InChI is InChI=1S/C20H17ClN4O3/c21-15-4-2-1-3-14(15)9-23-19-11-22-16(10-24-19)20(26)25-8-13-5-6-17-18(7-13)28-12-27-17/h1-7,10-11H,8-9,12H2,(H,23,24)(H,25,26). The molecule has 4 rings (SSSR count). The summed E-state index contributed by atoms with van der Waals surface area (Å²) < 4.78 is 10.6. The predicted octanol–water partition coefficient (Wildman–Crippen LogP) is 3.40. The van der Waals surface area contributed by atoms with E-state index in [1.165, 1.54) is 12.4 Å². The van der Waals surface area contributed by atoms with Crippen molar-refractivity contribution in [2.45, 2.75) is 13.1 Å². The van der Waals surface area contributed by atoms with Crippen LogP contribution in [0.3, 0.4) is 0 Å². The Labute approximate surface area is 166 Å². The number of benzene rings is 2. The number of hydrogen-bond acceptors (Lipinski definition) is 6. The molecule has 0 unspecified atom stereocenters. The number of aromatic nitrogens is 2. The minimum Gasteiger partial charge on any atom is -0.454 e. The molecule has 1 amide bonds. The number of amides is 1. The third-order valence-electron chi connectivity index (χ3n) is 4.19. The highest BCUT2D eigenvalue weighted by Gasteiger charge is 2.14. The lowest BCUT2D eigenvalue weighted by molar-refractivity contribution is 0.0945. The van der Waals surface area contributed by atoms with E-state index in [0.29, 0.717) is 35.4 Å². The summed E-state index contributed by atoms with van der Waals surface area (Å²) in [5.41, 5.74) is 2.10. The molecule has 2 aromatic carbocycles. The highest BCUT2D eigenvalue weighted by atomic mass is 35.5. The number of anilines is 1. The Hall–Kier alpha value is -3.32. The zero-order chi connectivity index (χ0) is 19.3. The van der Waals surface area contributed by atoms with Gasteiger partial charge in [0.05, 0.1) is 12.4 Å². The van der Waals surface area contributed by atoms with Crippen LogP contribution in [0.1, 0.15) is 21.6 Å². The molecule has 7 nitrogen and oxygen atoms in total. The van der Waals surface area contributed by atoms with Gasteiger partial charge in [-0.2, -0.15) is 0 Å². The Morgan fingerprint density at radius 2 is 1.89 bits per heavy atom. The lowest BCUT2D eigenvalue weighted by atomic mass is 10.2. The van der Waals surface area contributed by atoms with Crippen molar-refractivity contribution in [3.8, 4) is 11.5 Å². The zero-order valence-electron chi connectivity index (χ0n) is 14.8. The molecular weight excluding hydrogens is 380 g/mol. The maximum Gasteiger partial charge on any atom is 0.271 e. The van der Waals surface area contributed by atoms with Gasteiger partial charge in [0, 0.05) is 18.1 Å². The zero-order valence-corrected chi connectivity index (χ0v) is 15.6. The Morgan fingerprint density at radius 1 is 1.04 bits per heavy atom. The van der Waals surface area contributed by atoms with E-state index in [4.69, 9.17) is 21.1 Å². The minimum absolute atomic E-state index is 0.220. The summed E-state index contributed by atoms with van der Waals surface area (Å²) in [5.74, 6) is 1.65. The summed E-state index contributed by atoms with van der Waals surface area (Å²) in [6.45, 7) is 1.09. The molecule has 1 aliphatic rings. The lowest BCUT2D eigenvalue weighted by Crippen LogP contribution is -2.24. The third kappa shape index (κ3) is 4.15. The molecule has 1 aliphatic heterocycles. The van der Waals surface area contributed by atoms with Crippen LogP contribution in [0.4, 0.5) is 5.82 Å². The Morgan fingerprint density at radius 3 is 2.71 bits per heavy atom. The minimum atomic E-state index is -0.303. The fourth-order valence-corrected chi connectivity index (χ4v) is 2.89. The van der Waals surface area contributed by atoms with Crippen LogP contribution in [0.5, 0.6) is 11.5 Å². The highest BCUT2D eigenvalue weighted by molar-refractivity contribution is 6.31. The Kier molecular flexibility index (Phi) is 5.25. The Balaban J connectivity index is 1.32. The van der Waals surface area contributed by atoms with Gasteiger partial charge in [-0.3, -0.25) is 4.79 Å². The number of halogens is 1. The van der Waals surface area contributed by atoms with Crippen molar-refractivity contribution in [2.75, 3.05) is 12.1 Å². The number of carbonyl (C=O) groups is 1. The molecule has 0 bridgehead atoms. The first-order valence-electron chi connectivity index (χ1n) is 8.65. The van der Waals surface area contributed by atoms with Crippen molar-refractivity contribution in [3.05, 3.63) is 76.7 Å². The third-order valence-corrected chi connectivity index (χ3v) is 4.56. The first kappa shape index (κ1) is 18.1. The summed E-state index contributed by atoms with van der Waals surface area (Å²) in [6.07, 6.45) is 2.95. The van der Waals surface area contributed by atoms with Crippen LogP contribution in [0, 0.1) is 0 Å². The maximum absolute atomic E-state index is 12.3. The quantitative estimate of drug-likeness (QED) is 0.664. The number of carbonyl (C=O) groups excluding carboxylic acids is 1. The average molecular weight is 397 g/mol. The molecule has 1 aromatic heterocycles. The molecule has 0 radical (unpaired) electrons. The van der Waals surface area contributed by atoms with Crippen molar-refractivity contribution >= 4 is 23.3 Å². The molecule has 0 spiro atoms. The molecule has 0 saturated heterocycles. The van der Waals surface area contributed by atoms with Gasteiger partial charge < -0.3 is 20.1 Å². The average Bonchev–Trinajstić information content (AvgIpc) is 3.20. The van der Waals surface area contributed by atoms with Crippen molar-refractivity contribution in [1.82, 2.24) is 15.3 Å². The van der Waals surface area contributed by atoms with Crippen LogP contribution in [0.15, 0.2) is 54.9 Å². The van der Waals surface area contributed by atoms with Crippen molar-refractivity contribution < 1.29 is 14.3 Å². The van der Waals surface area contributed by atoms with E-state index in [0.717, 1.165) is 11.1 Å².